The highest BCUT2D eigenvalue weighted by Gasteiger charge is 2.12. The van der Waals surface area contributed by atoms with Gasteiger partial charge in [0.15, 0.2) is 0 Å². The van der Waals surface area contributed by atoms with Gasteiger partial charge in [-0.2, -0.15) is 0 Å². The van der Waals surface area contributed by atoms with E-state index in [-0.39, 0.29) is 24.5 Å². The fourth-order valence-corrected chi connectivity index (χ4v) is 2.29. The number of benzene rings is 2. The van der Waals surface area contributed by atoms with Crippen LogP contribution >= 0.6 is 0 Å². The summed E-state index contributed by atoms with van der Waals surface area (Å²) in [5, 5.41) is 20.7. The maximum atomic E-state index is 11.9. The van der Waals surface area contributed by atoms with Crippen molar-refractivity contribution < 1.29 is 24.0 Å². The normalized spacial score (nSPS) is 10.7. The Morgan fingerprint density at radius 2 is 1.96 bits per heavy atom. The summed E-state index contributed by atoms with van der Waals surface area (Å²) in [5.74, 6) is -0.353. The van der Waals surface area contributed by atoms with Gasteiger partial charge in [0.05, 0.1) is 17.6 Å². The number of ether oxygens (including phenoxy) is 1. The van der Waals surface area contributed by atoms with E-state index in [2.05, 4.69) is 0 Å². The van der Waals surface area contributed by atoms with Gasteiger partial charge in [-0.3, -0.25) is 14.9 Å². The van der Waals surface area contributed by atoms with E-state index in [4.69, 9.17) is 9.15 Å². The van der Waals surface area contributed by atoms with Gasteiger partial charge in [-0.05, 0) is 29.8 Å². The second-order valence-corrected chi connectivity index (χ2v) is 5.20. The Balaban J connectivity index is 1.61. The second kappa shape index (κ2) is 6.41. The Kier molecular flexibility index (Phi) is 4.15. The highest BCUT2D eigenvalue weighted by molar-refractivity contribution is 5.86. The van der Waals surface area contributed by atoms with Crippen LogP contribution in [0.25, 0.3) is 11.0 Å². The Hall–Kier alpha value is -3.35. The highest BCUT2D eigenvalue weighted by atomic mass is 16.6. The minimum absolute atomic E-state index is 0.0156. The van der Waals surface area contributed by atoms with E-state index in [9.17, 15) is 20.0 Å². The SMILES string of the molecule is O=C(Cc1coc2cc(O)ccc12)OCc1ccc([N+](=O)[O-])cc1. The van der Waals surface area contributed by atoms with Crippen molar-refractivity contribution in [3.05, 3.63) is 70.0 Å². The zero-order valence-corrected chi connectivity index (χ0v) is 12.5. The summed E-state index contributed by atoms with van der Waals surface area (Å²) in [5.41, 5.74) is 1.81. The quantitative estimate of drug-likeness (QED) is 0.438. The predicted octanol–water partition coefficient (Wildman–Crippen LogP) is 3.33. The third-order valence-electron chi connectivity index (χ3n) is 3.52. The van der Waals surface area contributed by atoms with Crippen molar-refractivity contribution in [1.29, 1.82) is 0 Å². The zero-order chi connectivity index (χ0) is 17.1. The molecule has 0 unspecified atom stereocenters. The van der Waals surface area contributed by atoms with Crippen LogP contribution in [0.15, 0.2) is 53.1 Å². The van der Waals surface area contributed by atoms with Crippen molar-refractivity contribution in [1.82, 2.24) is 0 Å². The maximum Gasteiger partial charge on any atom is 0.310 e. The van der Waals surface area contributed by atoms with Crippen LogP contribution < -0.4 is 0 Å². The van der Waals surface area contributed by atoms with Gasteiger partial charge in [0.2, 0.25) is 0 Å². The fourth-order valence-electron chi connectivity index (χ4n) is 2.29. The number of fused-ring (bicyclic) bond motifs is 1. The molecule has 1 N–H and O–H groups in total. The first-order valence-corrected chi connectivity index (χ1v) is 7.11. The van der Waals surface area contributed by atoms with Crippen molar-refractivity contribution >= 4 is 22.6 Å². The molecule has 3 rings (SSSR count). The molecule has 0 aliphatic carbocycles. The van der Waals surface area contributed by atoms with E-state index in [1.807, 2.05) is 0 Å². The number of hydrogen-bond acceptors (Lipinski definition) is 6. The van der Waals surface area contributed by atoms with Gasteiger partial charge >= 0.3 is 5.97 Å². The van der Waals surface area contributed by atoms with Crippen LogP contribution in [0.2, 0.25) is 0 Å². The Morgan fingerprint density at radius 1 is 1.21 bits per heavy atom. The van der Waals surface area contributed by atoms with Crippen LogP contribution in [0, 0.1) is 10.1 Å². The van der Waals surface area contributed by atoms with Crippen LogP contribution in [-0.4, -0.2) is 16.0 Å². The number of furan rings is 1. The van der Waals surface area contributed by atoms with E-state index in [0.717, 1.165) is 5.39 Å². The highest BCUT2D eigenvalue weighted by Crippen LogP contribution is 2.25. The molecule has 122 valence electrons. The third kappa shape index (κ3) is 3.35. The van der Waals surface area contributed by atoms with Crippen molar-refractivity contribution in [2.45, 2.75) is 13.0 Å². The summed E-state index contributed by atoms with van der Waals surface area (Å²) in [6.45, 7) is 0.0351. The topological polar surface area (TPSA) is 103 Å². The number of nitrogens with zero attached hydrogens (tertiary/aromatic N) is 1. The van der Waals surface area contributed by atoms with Crippen LogP contribution in [0.1, 0.15) is 11.1 Å². The summed E-state index contributed by atoms with van der Waals surface area (Å²) in [6, 6.07) is 10.5. The summed E-state index contributed by atoms with van der Waals surface area (Å²) in [6.07, 6.45) is 1.49. The number of carbonyl (C=O) groups excluding carboxylic acids is 1. The lowest BCUT2D eigenvalue weighted by atomic mass is 10.1. The number of phenolic OH excluding ortho intramolecular Hbond substituents is 1. The van der Waals surface area contributed by atoms with Crippen molar-refractivity contribution in [3.63, 3.8) is 0 Å². The molecule has 0 spiro atoms. The average molecular weight is 327 g/mol. The molecule has 0 fully saturated rings. The van der Waals surface area contributed by atoms with E-state index in [1.54, 1.807) is 18.2 Å². The number of hydrogen-bond donors (Lipinski definition) is 1. The number of aromatic hydroxyl groups is 1. The standard InChI is InChI=1S/C17H13NO6/c19-14-5-6-15-12(10-23-16(15)8-14)7-17(20)24-9-11-1-3-13(4-2-11)18(21)22/h1-6,8,10,19H,7,9H2. The molecule has 7 heteroatoms. The van der Waals surface area contributed by atoms with Gasteiger partial charge < -0.3 is 14.3 Å². The van der Waals surface area contributed by atoms with E-state index in [0.29, 0.717) is 16.7 Å². The number of rotatable bonds is 5. The number of nitro benzene ring substituents is 1. The van der Waals surface area contributed by atoms with Crippen LogP contribution in [-0.2, 0) is 22.6 Å². The first kappa shape index (κ1) is 15.5. The molecule has 24 heavy (non-hydrogen) atoms. The van der Waals surface area contributed by atoms with Gasteiger partial charge in [-0.25, -0.2) is 0 Å². The molecule has 0 bridgehead atoms. The monoisotopic (exact) mass is 327 g/mol. The molecule has 2 aromatic carbocycles. The Morgan fingerprint density at radius 3 is 2.67 bits per heavy atom. The molecule has 0 saturated heterocycles. The number of carbonyl (C=O) groups is 1. The molecular weight excluding hydrogens is 314 g/mol. The first-order chi connectivity index (χ1) is 11.5. The smallest absolute Gasteiger partial charge is 0.310 e. The van der Waals surface area contributed by atoms with Gasteiger partial charge in [0, 0.05) is 29.1 Å². The third-order valence-corrected chi connectivity index (χ3v) is 3.52. The predicted molar refractivity (Wildman–Crippen MR) is 84.5 cm³/mol. The number of nitro groups is 1. The van der Waals surface area contributed by atoms with Gasteiger partial charge in [0.25, 0.3) is 5.69 Å². The molecule has 3 aromatic rings. The van der Waals surface area contributed by atoms with Crippen LogP contribution in [0.3, 0.4) is 0 Å². The lowest BCUT2D eigenvalue weighted by Crippen LogP contribution is -2.07. The zero-order valence-electron chi connectivity index (χ0n) is 12.5. The molecule has 0 amide bonds. The van der Waals surface area contributed by atoms with Crippen molar-refractivity contribution in [2.24, 2.45) is 0 Å². The fraction of sp³-hybridized carbons (Fsp3) is 0.118. The molecule has 0 saturated carbocycles. The Labute approximate surface area is 136 Å². The van der Waals surface area contributed by atoms with E-state index >= 15 is 0 Å². The molecule has 1 heterocycles. The summed E-state index contributed by atoms with van der Waals surface area (Å²) >= 11 is 0. The average Bonchev–Trinajstić information content (AvgIpc) is 2.95. The van der Waals surface area contributed by atoms with Crippen LogP contribution in [0.5, 0.6) is 5.75 Å². The molecule has 0 radical (unpaired) electrons. The van der Waals surface area contributed by atoms with E-state index in [1.165, 1.54) is 30.5 Å². The molecule has 0 aliphatic rings. The maximum absolute atomic E-state index is 11.9. The van der Waals surface area contributed by atoms with Crippen molar-refractivity contribution in [2.75, 3.05) is 0 Å². The van der Waals surface area contributed by atoms with Crippen LogP contribution in [0.4, 0.5) is 5.69 Å². The number of non-ortho nitro benzene ring substituents is 1. The second-order valence-electron chi connectivity index (χ2n) is 5.20. The van der Waals surface area contributed by atoms with Gasteiger partial charge in [0.1, 0.15) is 17.9 Å². The lowest BCUT2D eigenvalue weighted by Gasteiger charge is -2.04. The minimum Gasteiger partial charge on any atom is -0.508 e. The molecule has 0 atom stereocenters. The van der Waals surface area contributed by atoms with E-state index < -0.39 is 10.9 Å². The van der Waals surface area contributed by atoms with Crippen molar-refractivity contribution in [3.8, 4) is 5.75 Å². The van der Waals surface area contributed by atoms with Gasteiger partial charge in [-0.15, -0.1) is 0 Å². The van der Waals surface area contributed by atoms with Gasteiger partial charge in [-0.1, -0.05) is 0 Å². The summed E-state index contributed by atoms with van der Waals surface area (Å²) in [4.78, 5) is 22.0. The molecule has 1 aromatic heterocycles. The minimum atomic E-state index is -0.488. The largest absolute Gasteiger partial charge is 0.508 e. The molecule has 0 aliphatic heterocycles. The number of phenols is 1. The molecular formula is C17H13NO6. The lowest BCUT2D eigenvalue weighted by molar-refractivity contribution is -0.384. The molecule has 7 nitrogen and oxygen atoms in total. The summed E-state index contributed by atoms with van der Waals surface area (Å²) in [7, 11) is 0. The summed E-state index contributed by atoms with van der Waals surface area (Å²) < 4.78 is 10.5. The number of esters is 1. The first-order valence-electron chi connectivity index (χ1n) is 7.11. The Bertz CT molecular complexity index is 897.